The minimum Gasteiger partial charge on any atom is -0.455 e. The van der Waals surface area contributed by atoms with Crippen LogP contribution in [0.15, 0.2) is 11.6 Å². The van der Waals surface area contributed by atoms with Crippen LogP contribution >= 0.6 is 0 Å². The highest BCUT2D eigenvalue weighted by atomic mass is 16.6. The summed E-state index contributed by atoms with van der Waals surface area (Å²) in [6, 6.07) is 0. The van der Waals surface area contributed by atoms with Crippen LogP contribution in [0, 0.1) is 0 Å². The largest absolute Gasteiger partial charge is 0.455 e. The van der Waals surface area contributed by atoms with E-state index in [-0.39, 0.29) is 48.7 Å². The second-order valence-corrected chi connectivity index (χ2v) is 14.3. The van der Waals surface area contributed by atoms with Crippen LogP contribution < -0.4 is 0 Å². The fraction of sp³-hybridized carbons (Fsp3) is 0.919. The first-order valence-corrected chi connectivity index (χ1v) is 18.7. The van der Waals surface area contributed by atoms with Gasteiger partial charge in [-0.05, 0) is 70.8 Å². The second-order valence-electron chi connectivity index (χ2n) is 14.3. The van der Waals surface area contributed by atoms with E-state index in [4.69, 9.17) is 18.9 Å². The zero-order valence-electron chi connectivity index (χ0n) is 28.0. The highest BCUT2D eigenvalue weighted by Crippen LogP contribution is 2.37. The number of esters is 1. The zero-order chi connectivity index (χ0) is 31.1. The Kier molecular flexibility index (Phi) is 16.0. The maximum absolute atomic E-state index is 11.7. The van der Waals surface area contributed by atoms with E-state index in [9.17, 15) is 15.0 Å². The molecule has 9 atom stereocenters. The Hall–Kier alpha value is -0.990. The zero-order valence-corrected chi connectivity index (χ0v) is 28.0. The van der Waals surface area contributed by atoms with E-state index >= 15 is 0 Å². The average Bonchev–Trinajstić information content (AvgIpc) is 3.81. The molecule has 3 fully saturated rings. The topological polar surface area (TPSA) is 94.5 Å². The van der Waals surface area contributed by atoms with Crippen molar-refractivity contribution in [3.05, 3.63) is 11.6 Å². The summed E-state index contributed by atoms with van der Waals surface area (Å²) in [5.74, 6) is -0.282. The fourth-order valence-electron chi connectivity index (χ4n) is 7.79. The second kappa shape index (κ2) is 19.6. The van der Waals surface area contributed by atoms with Crippen LogP contribution in [0.4, 0.5) is 0 Å². The van der Waals surface area contributed by atoms with Gasteiger partial charge in [-0.25, -0.2) is 4.79 Å². The Bertz CT molecular complexity index is 846. The summed E-state index contributed by atoms with van der Waals surface area (Å²) in [7, 11) is 0. The number of carbonyl (C=O) groups excluding carboxylic acids is 1. The Labute approximate surface area is 267 Å². The Balaban J connectivity index is 1.00. The van der Waals surface area contributed by atoms with Crippen molar-refractivity contribution in [2.75, 3.05) is 0 Å². The van der Waals surface area contributed by atoms with Crippen LogP contribution in [0.25, 0.3) is 0 Å². The summed E-state index contributed by atoms with van der Waals surface area (Å²) in [6.07, 6.45) is 27.1. The lowest BCUT2D eigenvalue weighted by Gasteiger charge is -2.24. The third kappa shape index (κ3) is 12.0. The van der Waals surface area contributed by atoms with Gasteiger partial charge in [-0.3, -0.25) is 0 Å². The van der Waals surface area contributed by atoms with E-state index in [0.717, 1.165) is 77.0 Å². The predicted octanol–water partition coefficient (Wildman–Crippen LogP) is 7.87. The molecule has 0 radical (unpaired) electrons. The molecule has 0 aromatic carbocycles. The van der Waals surface area contributed by atoms with E-state index in [1.54, 1.807) is 0 Å². The number of aliphatic hydroxyl groups excluding tert-OH is 2. The first-order valence-electron chi connectivity index (χ1n) is 18.7. The number of hydrogen-bond donors (Lipinski definition) is 2. The first kappa shape index (κ1) is 35.9. The van der Waals surface area contributed by atoms with Gasteiger partial charge >= 0.3 is 5.97 Å². The number of rotatable bonds is 22. The first-order chi connectivity index (χ1) is 21.4. The van der Waals surface area contributed by atoms with Crippen LogP contribution in [0.3, 0.4) is 0 Å². The quantitative estimate of drug-likeness (QED) is 0.0939. The summed E-state index contributed by atoms with van der Waals surface area (Å²) in [5, 5.41) is 21.1. The lowest BCUT2D eigenvalue weighted by atomic mass is 10.0. The van der Waals surface area contributed by atoms with Crippen molar-refractivity contribution >= 4 is 5.97 Å². The van der Waals surface area contributed by atoms with Crippen LogP contribution in [0.5, 0.6) is 0 Å². The molecule has 0 aliphatic carbocycles. The van der Waals surface area contributed by atoms with Gasteiger partial charge in [-0.2, -0.15) is 0 Å². The lowest BCUT2D eigenvalue weighted by Crippen LogP contribution is -2.33. The molecular formula is C37H64O7. The molecule has 4 aliphatic heterocycles. The van der Waals surface area contributed by atoms with Crippen LogP contribution in [0.1, 0.15) is 162 Å². The predicted molar refractivity (Wildman–Crippen MR) is 173 cm³/mol. The number of carbonyl (C=O) groups is 1. The number of aliphatic hydroxyl groups is 2. The highest BCUT2D eigenvalue weighted by molar-refractivity contribution is 5.90. The smallest absolute Gasteiger partial charge is 0.334 e. The average molecular weight is 621 g/mol. The van der Waals surface area contributed by atoms with E-state index in [1.807, 2.05) is 13.0 Å². The van der Waals surface area contributed by atoms with Gasteiger partial charge in [0.05, 0.1) is 48.8 Å². The summed E-state index contributed by atoms with van der Waals surface area (Å²) in [5.41, 5.74) is 0.614. The molecule has 0 aromatic rings. The summed E-state index contributed by atoms with van der Waals surface area (Å²) in [4.78, 5) is 11.7. The molecule has 4 aliphatic rings. The van der Waals surface area contributed by atoms with Crippen molar-refractivity contribution in [3.63, 3.8) is 0 Å². The molecule has 0 saturated carbocycles. The van der Waals surface area contributed by atoms with Crippen LogP contribution in [-0.2, 0) is 23.7 Å². The molecule has 0 amide bonds. The van der Waals surface area contributed by atoms with Gasteiger partial charge in [-0.1, -0.05) is 90.4 Å². The van der Waals surface area contributed by atoms with Crippen molar-refractivity contribution in [2.24, 2.45) is 0 Å². The van der Waals surface area contributed by atoms with Gasteiger partial charge in [0, 0.05) is 12.0 Å². The van der Waals surface area contributed by atoms with Crippen molar-refractivity contribution in [2.45, 2.75) is 216 Å². The normalized spacial score (nSPS) is 31.9. The highest BCUT2D eigenvalue weighted by Gasteiger charge is 2.43. The third-order valence-corrected chi connectivity index (χ3v) is 10.4. The monoisotopic (exact) mass is 620 g/mol. The molecule has 0 bridgehead atoms. The SMILES string of the molecule is CCCCCCCCCCCC[C@@H](O)[C@H]1CC[C@H]([C@H]2CC[C@H]([C@H]3CC[C@H](CCCCC[C@@H](O)CC4=C[C@H](C)OC4=O)O3)O2)O1. The molecule has 0 unspecified atom stereocenters. The number of hydrogen-bond acceptors (Lipinski definition) is 7. The third-order valence-electron chi connectivity index (χ3n) is 10.4. The maximum atomic E-state index is 11.7. The summed E-state index contributed by atoms with van der Waals surface area (Å²) < 4.78 is 24.4. The molecule has 0 aromatic heterocycles. The van der Waals surface area contributed by atoms with Gasteiger partial charge in [0.25, 0.3) is 0 Å². The van der Waals surface area contributed by atoms with Gasteiger partial charge in [0.2, 0.25) is 0 Å². The summed E-state index contributed by atoms with van der Waals surface area (Å²) in [6.45, 7) is 4.11. The maximum Gasteiger partial charge on any atom is 0.334 e. The molecule has 4 rings (SSSR count). The van der Waals surface area contributed by atoms with Gasteiger partial charge in [-0.15, -0.1) is 0 Å². The number of ether oxygens (including phenoxy) is 4. The molecule has 7 heteroatoms. The van der Waals surface area contributed by atoms with Gasteiger partial charge in [0.1, 0.15) is 6.10 Å². The van der Waals surface area contributed by atoms with E-state index in [2.05, 4.69) is 6.92 Å². The van der Waals surface area contributed by atoms with Crippen LogP contribution in [0.2, 0.25) is 0 Å². The molecule has 4 heterocycles. The van der Waals surface area contributed by atoms with Gasteiger partial charge in [0.15, 0.2) is 0 Å². The molecule has 2 N–H and O–H groups in total. The number of unbranched alkanes of at least 4 members (excludes halogenated alkanes) is 11. The van der Waals surface area contributed by atoms with Gasteiger partial charge < -0.3 is 29.2 Å². The Morgan fingerprint density at radius 1 is 0.705 bits per heavy atom. The molecule has 44 heavy (non-hydrogen) atoms. The fourth-order valence-corrected chi connectivity index (χ4v) is 7.79. The van der Waals surface area contributed by atoms with Crippen LogP contribution in [-0.4, -0.2) is 71.1 Å². The number of cyclic esters (lactones) is 1. The summed E-state index contributed by atoms with van der Waals surface area (Å²) >= 11 is 0. The van der Waals surface area contributed by atoms with Crippen molar-refractivity contribution in [1.82, 2.24) is 0 Å². The van der Waals surface area contributed by atoms with E-state index in [1.165, 1.54) is 57.8 Å². The minimum atomic E-state index is -0.481. The molecule has 254 valence electrons. The standard InChI is InChI=1S/C37H64O7/c1-3-4-5-6-7-8-9-10-11-15-18-31(39)32-21-22-35(43-32)36-24-23-34(44-36)33-20-19-30(42-33)17-14-12-13-16-29(38)26-28-25-27(2)41-37(28)40/h25,27,29-36,38-39H,3-24,26H2,1-2H3/t27-,29+,30-,31+,32+,33+,34+,35+,36+/m0/s1. The Morgan fingerprint density at radius 3 is 1.95 bits per heavy atom. The van der Waals surface area contributed by atoms with E-state index < -0.39 is 6.10 Å². The molecular weight excluding hydrogens is 556 g/mol. The van der Waals surface area contributed by atoms with Crippen molar-refractivity contribution in [1.29, 1.82) is 0 Å². The Morgan fingerprint density at radius 2 is 1.27 bits per heavy atom. The molecule has 3 saturated heterocycles. The lowest BCUT2D eigenvalue weighted by molar-refractivity contribution is -0.139. The van der Waals surface area contributed by atoms with Crippen molar-refractivity contribution in [3.8, 4) is 0 Å². The van der Waals surface area contributed by atoms with Crippen molar-refractivity contribution < 1.29 is 34.0 Å². The minimum absolute atomic E-state index is 0.0329. The van der Waals surface area contributed by atoms with E-state index in [0.29, 0.717) is 24.5 Å². The molecule has 7 nitrogen and oxygen atoms in total. The molecule has 0 spiro atoms.